The van der Waals surface area contributed by atoms with E-state index in [0.717, 1.165) is 17.7 Å². The first kappa shape index (κ1) is 26.5. The van der Waals surface area contributed by atoms with E-state index in [1.165, 1.54) is 49.9 Å². The van der Waals surface area contributed by atoms with Crippen LogP contribution < -0.4 is 5.73 Å². The molecule has 0 amide bonds. The van der Waals surface area contributed by atoms with E-state index in [1.54, 1.807) is 12.2 Å². The minimum Gasteiger partial charge on any atom is -0.398 e. The molecule has 196 valence electrons. The highest BCUT2D eigenvalue weighted by molar-refractivity contribution is 6.19. The normalized spacial score (nSPS) is 12.7. The quantitative estimate of drug-likeness (QED) is 0.148. The molecular formula is C37H33N3. The number of hydrogen-bond donors (Lipinski definition) is 2. The molecule has 5 rings (SSSR count). The van der Waals surface area contributed by atoms with Gasteiger partial charge in [0.2, 0.25) is 0 Å². The van der Waals surface area contributed by atoms with Crippen LogP contribution >= 0.6 is 0 Å². The summed E-state index contributed by atoms with van der Waals surface area (Å²) in [5, 5.41) is 12.0. The minimum absolute atomic E-state index is 0.582. The average Bonchev–Trinajstić information content (AvgIpc) is 3.33. The molecule has 0 spiro atoms. The summed E-state index contributed by atoms with van der Waals surface area (Å²) in [4.78, 5) is 0. The fourth-order valence-corrected chi connectivity index (χ4v) is 5.18. The van der Waals surface area contributed by atoms with E-state index in [-0.39, 0.29) is 0 Å². The first-order valence-electron chi connectivity index (χ1n) is 13.4. The summed E-state index contributed by atoms with van der Waals surface area (Å²) in [6.45, 7) is 9.97. The highest BCUT2D eigenvalue weighted by Crippen LogP contribution is 2.37. The predicted molar refractivity (Wildman–Crippen MR) is 174 cm³/mol. The van der Waals surface area contributed by atoms with Crippen LogP contribution in [-0.2, 0) is 6.42 Å². The number of rotatable bonds is 9. The van der Waals surface area contributed by atoms with Crippen molar-refractivity contribution in [2.75, 3.05) is 0 Å². The van der Waals surface area contributed by atoms with Gasteiger partial charge in [0.25, 0.3) is 0 Å². The third kappa shape index (κ3) is 5.10. The van der Waals surface area contributed by atoms with Gasteiger partial charge < -0.3 is 15.7 Å². The van der Waals surface area contributed by atoms with Crippen LogP contribution in [0.1, 0.15) is 18.1 Å². The third-order valence-corrected chi connectivity index (χ3v) is 7.22. The van der Waals surface area contributed by atoms with Crippen molar-refractivity contribution in [1.82, 2.24) is 4.57 Å². The summed E-state index contributed by atoms with van der Waals surface area (Å²) >= 11 is 0. The van der Waals surface area contributed by atoms with Crippen LogP contribution in [-0.4, -0.2) is 10.8 Å². The maximum atomic E-state index is 7.11. The summed E-state index contributed by atoms with van der Waals surface area (Å²) < 4.78 is 2.39. The molecule has 3 heteroatoms. The van der Waals surface area contributed by atoms with Gasteiger partial charge in [-0.1, -0.05) is 98.1 Å². The van der Waals surface area contributed by atoms with Crippen molar-refractivity contribution in [3.8, 4) is 5.69 Å². The second kappa shape index (κ2) is 11.7. The molecule has 0 atom stereocenters. The van der Waals surface area contributed by atoms with Crippen molar-refractivity contribution in [3.63, 3.8) is 0 Å². The Kier molecular flexibility index (Phi) is 7.75. The lowest BCUT2D eigenvalue weighted by atomic mass is 9.99. The van der Waals surface area contributed by atoms with E-state index in [4.69, 9.17) is 11.1 Å². The summed E-state index contributed by atoms with van der Waals surface area (Å²) in [6, 6.07) is 28.5. The zero-order valence-corrected chi connectivity index (χ0v) is 22.8. The average molecular weight is 520 g/mol. The maximum Gasteiger partial charge on any atom is 0.0619 e. The molecule has 0 saturated heterocycles. The second-order valence-corrected chi connectivity index (χ2v) is 9.67. The third-order valence-electron chi connectivity index (χ3n) is 7.22. The zero-order chi connectivity index (χ0) is 28.1. The Morgan fingerprint density at radius 1 is 0.925 bits per heavy atom. The molecule has 1 aromatic heterocycles. The van der Waals surface area contributed by atoms with Gasteiger partial charge in [-0.3, -0.25) is 0 Å². The predicted octanol–water partition coefficient (Wildman–Crippen LogP) is 9.23. The Morgan fingerprint density at radius 2 is 1.70 bits per heavy atom. The van der Waals surface area contributed by atoms with Crippen LogP contribution in [0.4, 0.5) is 0 Å². The fourth-order valence-electron chi connectivity index (χ4n) is 5.18. The summed E-state index contributed by atoms with van der Waals surface area (Å²) in [5.74, 6) is 0. The summed E-state index contributed by atoms with van der Waals surface area (Å²) in [7, 11) is 0. The summed E-state index contributed by atoms with van der Waals surface area (Å²) in [6.07, 6.45) is 15.2. The van der Waals surface area contributed by atoms with Crippen molar-refractivity contribution in [2.45, 2.75) is 13.3 Å². The number of aromatic nitrogens is 1. The topological polar surface area (TPSA) is 54.8 Å². The monoisotopic (exact) mass is 519 g/mol. The molecule has 0 unspecified atom stereocenters. The standard InChI is InChI=1S/C37H33N3/c1-4-28(5-2)29-18-21-32-30(25-29)19-22-34-33-20-17-27(13-9-10-16-35(39)26(3)12-11-23-38)24-36(33)40(37(32)34)31-14-7-6-8-15-31/h4-12,14-25,38H,1,3,13,39H2,2H3/b10-9-,12-11-,28-5+,35-16-,38-23?. The number of para-hydroxylation sites is 1. The molecule has 0 bridgehead atoms. The van der Waals surface area contributed by atoms with Gasteiger partial charge in [0.05, 0.1) is 11.0 Å². The van der Waals surface area contributed by atoms with Gasteiger partial charge in [-0.2, -0.15) is 0 Å². The van der Waals surface area contributed by atoms with Crippen LogP contribution in [0.2, 0.25) is 0 Å². The highest BCUT2D eigenvalue weighted by Gasteiger charge is 2.15. The Morgan fingerprint density at radius 3 is 2.45 bits per heavy atom. The van der Waals surface area contributed by atoms with Gasteiger partial charge in [0.15, 0.2) is 0 Å². The van der Waals surface area contributed by atoms with E-state index in [2.05, 4.69) is 109 Å². The molecule has 5 aromatic rings. The molecule has 0 radical (unpaired) electrons. The number of nitrogens with two attached hydrogens (primary N) is 1. The molecule has 0 aliphatic carbocycles. The number of allylic oxidation sites excluding steroid dienone is 8. The second-order valence-electron chi connectivity index (χ2n) is 9.67. The molecule has 4 aromatic carbocycles. The molecule has 3 nitrogen and oxygen atoms in total. The van der Waals surface area contributed by atoms with Gasteiger partial charge in [-0.15, -0.1) is 0 Å². The Hall–Kier alpha value is -5.15. The molecule has 3 N–H and O–H groups in total. The maximum absolute atomic E-state index is 7.11. The van der Waals surface area contributed by atoms with E-state index >= 15 is 0 Å². The molecular weight excluding hydrogens is 486 g/mol. The Bertz CT molecular complexity index is 1880. The van der Waals surface area contributed by atoms with Crippen LogP contribution in [0.5, 0.6) is 0 Å². The lowest BCUT2D eigenvalue weighted by Crippen LogP contribution is -1.97. The van der Waals surface area contributed by atoms with Crippen LogP contribution in [0.15, 0.2) is 146 Å². The van der Waals surface area contributed by atoms with Gasteiger partial charge >= 0.3 is 0 Å². The van der Waals surface area contributed by atoms with Crippen LogP contribution in [0.25, 0.3) is 43.8 Å². The van der Waals surface area contributed by atoms with Gasteiger partial charge in [0, 0.05) is 33.8 Å². The van der Waals surface area contributed by atoms with Gasteiger partial charge in [0.1, 0.15) is 0 Å². The number of nitrogens with zero attached hydrogens (tertiary/aromatic N) is 1. The lowest BCUT2D eigenvalue weighted by Gasteiger charge is -2.11. The van der Waals surface area contributed by atoms with Crippen molar-refractivity contribution in [1.29, 1.82) is 5.41 Å². The largest absolute Gasteiger partial charge is 0.398 e. The lowest BCUT2D eigenvalue weighted by molar-refractivity contribution is 1.18. The fraction of sp³-hybridized carbons (Fsp3) is 0.0541. The molecule has 0 fully saturated rings. The minimum atomic E-state index is 0.582. The number of hydrogen-bond acceptors (Lipinski definition) is 2. The molecule has 0 aliphatic rings. The smallest absolute Gasteiger partial charge is 0.0619 e. The molecule has 0 saturated carbocycles. The van der Waals surface area contributed by atoms with E-state index in [0.29, 0.717) is 11.3 Å². The Balaban J connectivity index is 1.62. The number of fused-ring (bicyclic) bond motifs is 5. The van der Waals surface area contributed by atoms with E-state index in [1.807, 2.05) is 25.2 Å². The first-order chi connectivity index (χ1) is 19.5. The SMILES string of the molecule is C=C/C(=C\C)c1ccc2c(ccc3c4ccc(C/C=C\C=C(/N)C(=C)/C=C\C=N)cc4n(-c4ccccc4)c23)c1. The van der Waals surface area contributed by atoms with Crippen molar-refractivity contribution in [2.24, 2.45) is 5.73 Å². The van der Waals surface area contributed by atoms with Gasteiger partial charge in [-0.25, -0.2) is 0 Å². The van der Waals surface area contributed by atoms with Crippen molar-refractivity contribution >= 4 is 44.4 Å². The summed E-state index contributed by atoms with van der Waals surface area (Å²) in [5.41, 5.74) is 14.4. The first-order valence-corrected chi connectivity index (χ1v) is 13.4. The Labute approximate surface area is 235 Å². The van der Waals surface area contributed by atoms with E-state index in [9.17, 15) is 0 Å². The zero-order valence-electron chi connectivity index (χ0n) is 22.8. The van der Waals surface area contributed by atoms with Crippen molar-refractivity contribution in [3.05, 3.63) is 157 Å². The van der Waals surface area contributed by atoms with Gasteiger partial charge in [-0.05, 0) is 77.4 Å². The molecule has 0 aliphatic heterocycles. The van der Waals surface area contributed by atoms with Crippen molar-refractivity contribution < 1.29 is 0 Å². The highest BCUT2D eigenvalue weighted by atomic mass is 15.0. The number of benzene rings is 4. The molecule has 40 heavy (non-hydrogen) atoms. The van der Waals surface area contributed by atoms with Crippen LogP contribution in [0, 0.1) is 5.41 Å². The van der Waals surface area contributed by atoms with E-state index < -0.39 is 0 Å². The molecule has 1 heterocycles. The van der Waals surface area contributed by atoms with Crippen LogP contribution in [0.3, 0.4) is 0 Å². The number of nitrogens with one attached hydrogen (secondary N) is 1.